The third-order valence-electron chi connectivity index (χ3n) is 4.05. The first kappa shape index (κ1) is 21.5. The lowest BCUT2D eigenvalue weighted by molar-refractivity contribution is -0.148. The van der Waals surface area contributed by atoms with Crippen molar-refractivity contribution in [2.45, 2.75) is 13.0 Å². The molecule has 0 spiro atoms. The Labute approximate surface area is 182 Å². The number of fused-ring (bicyclic) bond motifs is 1. The average Bonchev–Trinajstić information content (AvgIpc) is 2.72. The first-order valence-electron chi connectivity index (χ1n) is 8.85. The quantitative estimate of drug-likeness (QED) is 0.545. The number of anilines is 1. The van der Waals surface area contributed by atoms with Gasteiger partial charge in [-0.25, -0.2) is 4.79 Å². The highest BCUT2D eigenvalue weighted by molar-refractivity contribution is 6.32. The van der Waals surface area contributed by atoms with Crippen LogP contribution in [0.15, 0.2) is 36.4 Å². The van der Waals surface area contributed by atoms with Gasteiger partial charge in [-0.2, -0.15) is 5.26 Å². The molecular weight excluding hydrogens is 431 g/mol. The zero-order chi connectivity index (χ0) is 21.7. The van der Waals surface area contributed by atoms with Gasteiger partial charge >= 0.3 is 5.97 Å². The minimum atomic E-state index is -1.06. The summed E-state index contributed by atoms with van der Waals surface area (Å²) in [6.07, 6.45) is 1.63. The Morgan fingerprint density at radius 3 is 2.70 bits per heavy atom. The van der Waals surface area contributed by atoms with Crippen molar-refractivity contribution in [3.8, 4) is 17.6 Å². The van der Waals surface area contributed by atoms with Gasteiger partial charge in [-0.3, -0.25) is 4.79 Å². The first-order chi connectivity index (χ1) is 14.4. The predicted molar refractivity (Wildman–Crippen MR) is 112 cm³/mol. The molecular formula is C21H16Cl2N2O5. The van der Waals surface area contributed by atoms with Crippen molar-refractivity contribution < 1.29 is 23.8 Å². The molecule has 3 rings (SSSR count). The standard InChI is InChI=1S/C21H16Cl2N2O5/c1-12(21(27)25-15-4-3-14(11-24)16(22)10-15)30-19(26)5-2-13-8-17(23)20-18(9-13)28-6-7-29-20/h2-5,8-10,12H,6-7H2,1H3,(H,25,27)/b5-2+/t12-/m0/s1. The second kappa shape index (κ2) is 9.53. The molecule has 154 valence electrons. The van der Waals surface area contributed by atoms with E-state index in [2.05, 4.69) is 5.32 Å². The average molecular weight is 447 g/mol. The number of nitrogens with one attached hydrogen (secondary N) is 1. The number of nitriles is 1. The van der Waals surface area contributed by atoms with Crippen LogP contribution in [0.2, 0.25) is 10.0 Å². The Morgan fingerprint density at radius 1 is 1.20 bits per heavy atom. The lowest BCUT2D eigenvalue weighted by Gasteiger charge is -2.19. The smallest absolute Gasteiger partial charge is 0.331 e. The normalized spacial score (nSPS) is 13.4. The Hall–Kier alpha value is -3.21. The Balaban J connectivity index is 1.59. The SMILES string of the molecule is C[C@H](OC(=O)/C=C/c1cc(Cl)c2c(c1)OCCO2)C(=O)Nc1ccc(C#N)c(Cl)c1. The summed E-state index contributed by atoms with van der Waals surface area (Å²) in [5.41, 5.74) is 1.29. The van der Waals surface area contributed by atoms with Gasteiger partial charge < -0.3 is 19.5 Å². The summed E-state index contributed by atoms with van der Waals surface area (Å²) in [4.78, 5) is 24.3. The molecule has 0 saturated carbocycles. The summed E-state index contributed by atoms with van der Waals surface area (Å²) in [5.74, 6) is -0.284. The number of carbonyl (C=O) groups excluding carboxylic acids is 2. The molecule has 1 aliphatic rings. The van der Waals surface area contributed by atoms with E-state index in [-0.39, 0.29) is 5.02 Å². The molecule has 2 aromatic rings. The minimum absolute atomic E-state index is 0.209. The summed E-state index contributed by atoms with van der Waals surface area (Å²) in [7, 11) is 0. The van der Waals surface area contributed by atoms with Crippen LogP contribution in [0.1, 0.15) is 18.1 Å². The van der Waals surface area contributed by atoms with E-state index >= 15 is 0 Å². The van der Waals surface area contributed by atoms with Crippen LogP contribution in [0.4, 0.5) is 5.69 Å². The molecule has 2 aromatic carbocycles. The van der Waals surface area contributed by atoms with E-state index in [0.29, 0.717) is 46.5 Å². The van der Waals surface area contributed by atoms with Gasteiger partial charge in [-0.15, -0.1) is 0 Å². The van der Waals surface area contributed by atoms with Gasteiger partial charge in [0.1, 0.15) is 19.3 Å². The Morgan fingerprint density at radius 2 is 1.97 bits per heavy atom. The fraction of sp³-hybridized carbons (Fsp3) is 0.190. The van der Waals surface area contributed by atoms with Crippen molar-refractivity contribution in [1.29, 1.82) is 5.26 Å². The van der Waals surface area contributed by atoms with E-state index in [4.69, 9.17) is 42.7 Å². The number of hydrogen-bond donors (Lipinski definition) is 1. The molecule has 0 bridgehead atoms. The van der Waals surface area contributed by atoms with Crippen molar-refractivity contribution in [2.75, 3.05) is 18.5 Å². The topological polar surface area (TPSA) is 97.7 Å². The molecule has 1 amide bonds. The van der Waals surface area contributed by atoms with Gasteiger partial charge in [0.15, 0.2) is 17.6 Å². The van der Waals surface area contributed by atoms with Gasteiger partial charge in [0.05, 0.1) is 15.6 Å². The maximum Gasteiger partial charge on any atom is 0.331 e. The van der Waals surface area contributed by atoms with Crippen LogP contribution in [-0.2, 0) is 14.3 Å². The summed E-state index contributed by atoms with van der Waals surface area (Å²) in [6.45, 7) is 2.27. The van der Waals surface area contributed by atoms with Crippen molar-refractivity contribution in [3.05, 3.63) is 57.6 Å². The number of carbonyl (C=O) groups is 2. The van der Waals surface area contributed by atoms with E-state index in [0.717, 1.165) is 0 Å². The number of ether oxygens (including phenoxy) is 3. The predicted octanol–water partition coefficient (Wildman–Crippen LogP) is 4.22. The van der Waals surface area contributed by atoms with E-state index < -0.39 is 18.0 Å². The molecule has 1 N–H and O–H groups in total. The third kappa shape index (κ3) is 5.23. The number of amides is 1. The highest BCUT2D eigenvalue weighted by atomic mass is 35.5. The molecule has 1 heterocycles. The van der Waals surface area contributed by atoms with Gasteiger partial charge in [0, 0.05) is 11.8 Å². The van der Waals surface area contributed by atoms with Crippen molar-refractivity contribution >= 4 is 46.8 Å². The summed E-state index contributed by atoms with van der Waals surface area (Å²) >= 11 is 12.1. The summed E-state index contributed by atoms with van der Waals surface area (Å²) < 4.78 is 16.0. The molecule has 0 unspecified atom stereocenters. The van der Waals surface area contributed by atoms with Crippen LogP contribution < -0.4 is 14.8 Å². The number of hydrogen-bond acceptors (Lipinski definition) is 6. The molecule has 0 fully saturated rings. The van der Waals surface area contributed by atoms with E-state index in [1.807, 2.05) is 6.07 Å². The monoisotopic (exact) mass is 446 g/mol. The fourth-order valence-corrected chi connectivity index (χ4v) is 3.08. The van der Waals surface area contributed by atoms with Crippen LogP contribution >= 0.6 is 23.2 Å². The molecule has 1 atom stereocenters. The lowest BCUT2D eigenvalue weighted by Crippen LogP contribution is -2.29. The van der Waals surface area contributed by atoms with Gasteiger partial charge in [-0.05, 0) is 48.9 Å². The number of esters is 1. The molecule has 1 aliphatic heterocycles. The molecule has 0 aliphatic carbocycles. The number of nitrogens with zero attached hydrogens (tertiary/aromatic N) is 1. The first-order valence-corrected chi connectivity index (χ1v) is 9.61. The largest absolute Gasteiger partial charge is 0.486 e. The summed E-state index contributed by atoms with van der Waals surface area (Å²) in [5, 5.41) is 12.0. The maximum absolute atomic E-state index is 12.2. The second-order valence-corrected chi connectivity index (χ2v) is 7.05. The second-order valence-electron chi connectivity index (χ2n) is 6.24. The van der Waals surface area contributed by atoms with Crippen molar-refractivity contribution in [1.82, 2.24) is 0 Å². The highest BCUT2D eigenvalue weighted by Crippen LogP contribution is 2.38. The number of rotatable bonds is 5. The molecule has 0 saturated heterocycles. The van der Waals surface area contributed by atoms with E-state index in [1.165, 1.54) is 37.3 Å². The zero-order valence-electron chi connectivity index (χ0n) is 15.8. The highest BCUT2D eigenvalue weighted by Gasteiger charge is 2.18. The van der Waals surface area contributed by atoms with Crippen LogP contribution in [0.25, 0.3) is 6.08 Å². The van der Waals surface area contributed by atoms with Gasteiger partial charge in [0.25, 0.3) is 5.91 Å². The summed E-state index contributed by atoms with van der Waals surface area (Å²) in [6, 6.07) is 9.70. The van der Waals surface area contributed by atoms with Crippen molar-refractivity contribution in [3.63, 3.8) is 0 Å². The van der Waals surface area contributed by atoms with E-state index in [9.17, 15) is 9.59 Å². The van der Waals surface area contributed by atoms with Crippen LogP contribution in [0.5, 0.6) is 11.5 Å². The van der Waals surface area contributed by atoms with Crippen LogP contribution in [0.3, 0.4) is 0 Å². The Kier molecular flexibility index (Phi) is 6.83. The van der Waals surface area contributed by atoms with Crippen molar-refractivity contribution in [2.24, 2.45) is 0 Å². The minimum Gasteiger partial charge on any atom is -0.486 e. The molecule has 0 aromatic heterocycles. The van der Waals surface area contributed by atoms with Crippen LogP contribution in [-0.4, -0.2) is 31.2 Å². The Bertz CT molecular complexity index is 1060. The molecule has 7 nitrogen and oxygen atoms in total. The maximum atomic E-state index is 12.2. The zero-order valence-corrected chi connectivity index (χ0v) is 17.3. The fourth-order valence-electron chi connectivity index (χ4n) is 2.59. The van der Waals surface area contributed by atoms with Gasteiger partial charge in [-0.1, -0.05) is 23.2 Å². The third-order valence-corrected chi connectivity index (χ3v) is 4.64. The van der Waals surface area contributed by atoms with E-state index in [1.54, 1.807) is 12.1 Å². The number of halogens is 2. The number of benzene rings is 2. The lowest BCUT2D eigenvalue weighted by atomic mass is 10.2. The molecule has 0 radical (unpaired) electrons. The molecule has 30 heavy (non-hydrogen) atoms. The van der Waals surface area contributed by atoms with Gasteiger partial charge in [0.2, 0.25) is 0 Å². The van der Waals surface area contributed by atoms with Crippen LogP contribution in [0, 0.1) is 11.3 Å². The molecule has 9 heteroatoms.